The second-order valence-electron chi connectivity index (χ2n) is 6.38. The third-order valence-electron chi connectivity index (χ3n) is 4.27. The van der Waals surface area contributed by atoms with Crippen LogP contribution in [0.25, 0.3) is 17.1 Å². The van der Waals surface area contributed by atoms with Gasteiger partial charge in [0.05, 0.1) is 12.8 Å². The zero-order valence-corrected chi connectivity index (χ0v) is 17.5. The van der Waals surface area contributed by atoms with E-state index >= 15 is 0 Å². The van der Waals surface area contributed by atoms with Crippen molar-refractivity contribution < 1.29 is 14.2 Å². The molecule has 0 fully saturated rings. The minimum absolute atomic E-state index is 0.00446. The molecular formula is C20H17ClN8O3. The lowest BCUT2D eigenvalue weighted by molar-refractivity contribution is 0.0950. The van der Waals surface area contributed by atoms with Crippen molar-refractivity contribution in [3.8, 4) is 22.8 Å². The number of nitrogens with one attached hydrogen (secondary N) is 1. The Morgan fingerprint density at radius 3 is 2.62 bits per heavy atom. The van der Waals surface area contributed by atoms with Crippen LogP contribution in [0.5, 0.6) is 5.75 Å². The molecule has 3 N–H and O–H groups in total. The summed E-state index contributed by atoms with van der Waals surface area (Å²) in [6.07, 6.45) is 1.48. The summed E-state index contributed by atoms with van der Waals surface area (Å²) in [7, 11) is 0. The molecule has 0 aliphatic heterocycles. The molecular weight excluding hydrogens is 436 g/mol. The smallest absolute Gasteiger partial charge is 0.294 e. The Balaban J connectivity index is 1.67. The monoisotopic (exact) mass is 452 g/mol. The fourth-order valence-electron chi connectivity index (χ4n) is 2.82. The highest BCUT2D eigenvalue weighted by molar-refractivity contribution is 6.30. The number of carbonyl (C=O) groups is 1. The van der Waals surface area contributed by atoms with Gasteiger partial charge in [0.2, 0.25) is 11.6 Å². The zero-order valence-electron chi connectivity index (χ0n) is 16.8. The topological polar surface area (TPSA) is 146 Å². The van der Waals surface area contributed by atoms with Crippen LogP contribution in [0.15, 0.2) is 58.3 Å². The molecule has 2 aromatic heterocycles. The maximum atomic E-state index is 12.8. The van der Waals surface area contributed by atoms with E-state index in [1.54, 1.807) is 48.5 Å². The van der Waals surface area contributed by atoms with Crippen LogP contribution in [0, 0.1) is 0 Å². The molecule has 1 amide bonds. The molecule has 32 heavy (non-hydrogen) atoms. The van der Waals surface area contributed by atoms with Gasteiger partial charge in [-0.25, -0.2) is 10.1 Å². The molecule has 0 atom stereocenters. The molecule has 2 aromatic carbocycles. The third kappa shape index (κ3) is 4.42. The normalized spacial score (nSPS) is 11.1. The number of hydrogen-bond donors (Lipinski definition) is 2. The fourth-order valence-corrected chi connectivity index (χ4v) is 2.95. The van der Waals surface area contributed by atoms with Gasteiger partial charge in [-0.2, -0.15) is 9.78 Å². The van der Waals surface area contributed by atoms with Crippen LogP contribution in [0.2, 0.25) is 5.02 Å². The number of benzene rings is 2. The molecule has 0 unspecified atom stereocenters. The average Bonchev–Trinajstić information content (AvgIpc) is 3.42. The van der Waals surface area contributed by atoms with E-state index in [9.17, 15) is 4.79 Å². The summed E-state index contributed by atoms with van der Waals surface area (Å²) in [5.74, 6) is 0.191. The zero-order chi connectivity index (χ0) is 22.5. The second-order valence-corrected chi connectivity index (χ2v) is 6.82. The van der Waals surface area contributed by atoms with Crippen molar-refractivity contribution in [3.05, 3.63) is 64.8 Å². The van der Waals surface area contributed by atoms with Crippen LogP contribution in [-0.2, 0) is 0 Å². The Kier molecular flexibility index (Phi) is 6.08. The lowest BCUT2D eigenvalue weighted by atomic mass is 10.1. The van der Waals surface area contributed by atoms with Crippen molar-refractivity contribution in [1.82, 2.24) is 30.7 Å². The lowest BCUT2D eigenvalue weighted by Gasteiger charge is -2.07. The second kappa shape index (κ2) is 9.27. The van der Waals surface area contributed by atoms with E-state index in [1.807, 2.05) is 6.92 Å². The van der Waals surface area contributed by atoms with Gasteiger partial charge in [-0.3, -0.25) is 4.79 Å². The fraction of sp³-hybridized carbons (Fsp3) is 0.100. The summed E-state index contributed by atoms with van der Waals surface area (Å²) < 4.78 is 11.4. The van der Waals surface area contributed by atoms with Gasteiger partial charge in [-0.05, 0) is 59.2 Å². The summed E-state index contributed by atoms with van der Waals surface area (Å²) >= 11 is 5.87. The number of nitrogens with two attached hydrogens (primary N) is 1. The minimum Gasteiger partial charge on any atom is -0.494 e. The van der Waals surface area contributed by atoms with Crippen LogP contribution in [0.3, 0.4) is 0 Å². The van der Waals surface area contributed by atoms with E-state index in [-0.39, 0.29) is 17.3 Å². The Morgan fingerprint density at radius 2 is 1.97 bits per heavy atom. The summed E-state index contributed by atoms with van der Waals surface area (Å²) in [6, 6.07) is 14.0. The summed E-state index contributed by atoms with van der Waals surface area (Å²) in [6.45, 7) is 2.42. The van der Waals surface area contributed by atoms with E-state index in [0.717, 1.165) is 5.56 Å². The van der Waals surface area contributed by atoms with Crippen molar-refractivity contribution in [3.63, 3.8) is 0 Å². The molecule has 2 heterocycles. The first-order valence-electron chi connectivity index (χ1n) is 9.43. The molecule has 0 saturated heterocycles. The number of aromatic nitrogens is 5. The predicted molar refractivity (Wildman–Crippen MR) is 117 cm³/mol. The molecule has 11 nitrogen and oxygen atoms in total. The van der Waals surface area contributed by atoms with Gasteiger partial charge >= 0.3 is 0 Å². The molecule has 0 aliphatic rings. The highest BCUT2D eigenvalue weighted by Gasteiger charge is 2.25. The maximum absolute atomic E-state index is 12.8. The van der Waals surface area contributed by atoms with E-state index in [1.165, 1.54) is 10.9 Å². The number of hydrazone groups is 1. The molecule has 0 radical (unpaired) electrons. The standard InChI is InChI=1S/C20H17ClN8O3/c1-2-31-15-9-5-13(6-10-15)17-16(24-28-29(17)19-18(22)26-32-27-19)20(30)25-23-11-12-3-7-14(21)8-4-12/h3-11H,2H2,1H3,(H2,22,26)(H,25,30). The quantitative estimate of drug-likeness (QED) is 0.321. The Morgan fingerprint density at radius 1 is 1.22 bits per heavy atom. The number of amides is 1. The molecule has 162 valence electrons. The predicted octanol–water partition coefficient (Wildman–Crippen LogP) is 2.72. The highest BCUT2D eigenvalue weighted by atomic mass is 35.5. The molecule has 0 aliphatic carbocycles. The first kappa shape index (κ1) is 21.0. The number of carbonyl (C=O) groups excluding carboxylic acids is 1. The van der Waals surface area contributed by atoms with Crippen molar-refractivity contribution in [2.75, 3.05) is 12.3 Å². The third-order valence-corrected chi connectivity index (χ3v) is 4.52. The van der Waals surface area contributed by atoms with Crippen LogP contribution >= 0.6 is 11.6 Å². The van der Waals surface area contributed by atoms with E-state index < -0.39 is 5.91 Å². The Bertz CT molecular complexity index is 1250. The number of ether oxygens (including phenoxy) is 1. The van der Waals surface area contributed by atoms with Crippen LogP contribution in [0.4, 0.5) is 5.82 Å². The average molecular weight is 453 g/mol. The SMILES string of the molecule is CCOc1ccc(-c2c(C(=O)NN=Cc3ccc(Cl)cc3)nnn2-c2nonc2N)cc1. The first-order valence-corrected chi connectivity index (χ1v) is 9.81. The highest BCUT2D eigenvalue weighted by Crippen LogP contribution is 2.28. The van der Waals surface area contributed by atoms with Gasteiger partial charge in [-0.1, -0.05) is 28.9 Å². The molecule has 12 heteroatoms. The van der Waals surface area contributed by atoms with Crippen molar-refractivity contribution >= 4 is 29.5 Å². The number of nitrogens with zero attached hydrogens (tertiary/aromatic N) is 6. The van der Waals surface area contributed by atoms with Gasteiger partial charge in [0.15, 0.2) is 5.69 Å². The molecule has 0 spiro atoms. The Hall–Kier alpha value is -4.25. The van der Waals surface area contributed by atoms with Crippen molar-refractivity contribution in [1.29, 1.82) is 0 Å². The number of anilines is 1. The lowest BCUT2D eigenvalue weighted by Crippen LogP contribution is -2.19. The van der Waals surface area contributed by atoms with Gasteiger partial charge in [-0.15, -0.1) is 5.10 Å². The first-order chi connectivity index (χ1) is 15.6. The molecule has 4 aromatic rings. The minimum atomic E-state index is -0.583. The molecule has 0 bridgehead atoms. The number of nitrogen functional groups attached to an aromatic ring is 1. The molecule has 4 rings (SSSR count). The summed E-state index contributed by atoms with van der Waals surface area (Å²) in [5.41, 5.74) is 9.96. The van der Waals surface area contributed by atoms with Crippen LogP contribution in [-0.4, -0.2) is 44.0 Å². The summed E-state index contributed by atoms with van der Waals surface area (Å²) in [5, 5.41) is 19.9. The van der Waals surface area contributed by atoms with Gasteiger partial charge in [0, 0.05) is 10.6 Å². The maximum Gasteiger partial charge on any atom is 0.294 e. The van der Waals surface area contributed by atoms with Gasteiger partial charge < -0.3 is 10.5 Å². The number of rotatable bonds is 7. The van der Waals surface area contributed by atoms with Crippen LogP contribution in [0.1, 0.15) is 23.0 Å². The Labute approximate surface area is 186 Å². The largest absolute Gasteiger partial charge is 0.494 e. The summed E-state index contributed by atoms with van der Waals surface area (Å²) in [4.78, 5) is 12.8. The molecule has 0 saturated carbocycles. The number of hydrogen-bond acceptors (Lipinski definition) is 9. The van der Waals surface area contributed by atoms with Crippen molar-refractivity contribution in [2.24, 2.45) is 5.10 Å². The van der Waals surface area contributed by atoms with Crippen molar-refractivity contribution in [2.45, 2.75) is 6.92 Å². The number of halogens is 1. The van der Waals surface area contributed by atoms with E-state index in [4.69, 9.17) is 22.1 Å². The van der Waals surface area contributed by atoms with Gasteiger partial charge in [0.1, 0.15) is 11.4 Å². The van der Waals surface area contributed by atoms with E-state index in [2.05, 4.69) is 35.8 Å². The van der Waals surface area contributed by atoms with Crippen LogP contribution < -0.4 is 15.9 Å². The van der Waals surface area contributed by atoms with E-state index in [0.29, 0.717) is 28.6 Å². The van der Waals surface area contributed by atoms with Gasteiger partial charge in [0.25, 0.3) is 5.91 Å².